The molecule has 0 spiro atoms. The molecule has 0 unspecified atom stereocenters. The first-order chi connectivity index (χ1) is 8.81. The summed E-state index contributed by atoms with van der Waals surface area (Å²) in [5.41, 5.74) is 5.83. The molecule has 0 saturated heterocycles. The van der Waals surface area contributed by atoms with E-state index >= 15 is 0 Å². The lowest BCUT2D eigenvalue weighted by Crippen LogP contribution is -2.41. The fourth-order valence-corrected chi connectivity index (χ4v) is 2.32. The largest absolute Gasteiger partial charge is 0.369 e. The van der Waals surface area contributed by atoms with Crippen LogP contribution >= 0.6 is 0 Å². The van der Waals surface area contributed by atoms with Crippen molar-refractivity contribution in [2.24, 2.45) is 11.1 Å². The van der Waals surface area contributed by atoms with Crippen LogP contribution in [0.3, 0.4) is 0 Å². The first-order valence-corrected chi connectivity index (χ1v) is 6.32. The molecule has 1 aliphatic carbocycles. The standard InChI is InChI=1S/C14H18F2N2O/c1-14(2,13(17)19)7-18-12-4-3-9-10(12)5-8(15)6-11(9)16/h5-6,12,18H,3-4,7H2,1-2H3,(H2,17,19)/t12-/m1/s1. The van der Waals surface area contributed by atoms with Crippen LogP contribution in [0.25, 0.3) is 0 Å². The molecule has 0 aromatic heterocycles. The van der Waals surface area contributed by atoms with Crippen LogP contribution in [0.15, 0.2) is 12.1 Å². The van der Waals surface area contributed by atoms with Crippen LogP contribution in [-0.4, -0.2) is 12.5 Å². The lowest BCUT2D eigenvalue weighted by atomic mass is 9.92. The van der Waals surface area contributed by atoms with Gasteiger partial charge in [0.2, 0.25) is 5.91 Å². The SMILES string of the molecule is CC(C)(CN[C@@H]1CCc2c(F)cc(F)cc21)C(N)=O. The quantitative estimate of drug-likeness (QED) is 0.878. The predicted molar refractivity (Wildman–Crippen MR) is 68.4 cm³/mol. The molecule has 0 heterocycles. The third kappa shape index (κ3) is 2.76. The van der Waals surface area contributed by atoms with Gasteiger partial charge >= 0.3 is 0 Å². The summed E-state index contributed by atoms with van der Waals surface area (Å²) >= 11 is 0. The lowest BCUT2D eigenvalue weighted by Gasteiger charge is -2.24. The van der Waals surface area contributed by atoms with Crippen molar-refractivity contribution in [1.82, 2.24) is 5.32 Å². The van der Waals surface area contributed by atoms with Gasteiger partial charge in [0.1, 0.15) is 11.6 Å². The molecule has 0 bridgehead atoms. The van der Waals surface area contributed by atoms with E-state index in [1.54, 1.807) is 13.8 Å². The smallest absolute Gasteiger partial charge is 0.224 e. The first kappa shape index (κ1) is 13.9. The highest BCUT2D eigenvalue weighted by atomic mass is 19.1. The van der Waals surface area contributed by atoms with Crippen molar-refractivity contribution in [2.45, 2.75) is 32.7 Å². The van der Waals surface area contributed by atoms with Crippen LogP contribution in [0.2, 0.25) is 0 Å². The Morgan fingerprint density at radius 1 is 1.47 bits per heavy atom. The minimum absolute atomic E-state index is 0.126. The van der Waals surface area contributed by atoms with Gasteiger partial charge in [-0.05, 0) is 43.9 Å². The molecule has 3 nitrogen and oxygen atoms in total. The number of nitrogens with two attached hydrogens (primary N) is 1. The Morgan fingerprint density at radius 3 is 2.79 bits per heavy atom. The number of fused-ring (bicyclic) bond motifs is 1. The molecular weight excluding hydrogens is 250 g/mol. The normalized spacial score (nSPS) is 18.4. The highest BCUT2D eigenvalue weighted by Crippen LogP contribution is 2.34. The van der Waals surface area contributed by atoms with Crippen molar-refractivity contribution in [1.29, 1.82) is 0 Å². The summed E-state index contributed by atoms with van der Waals surface area (Å²) in [6, 6.07) is 2.15. The number of hydrogen-bond donors (Lipinski definition) is 2. The molecule has 0 radical (unpaired) electrons. The Bertz CT molecular complexity index is 514. The van der Waals surface area contributed by atoms with E-state index in [1.165, 1.54) is 6.07 Å². The molecule has 1 aromatic rings. The highest BCUT2D eigenvalue weighted by molar-refractivity contribution is 5.80. The van der Waals surface area contributed by atoms with E-state index in [0.717, 1.165) is 6.07 Å². The first-order valence-electron chi connectivity index (χ1n) is 6.32. The Morgan fingerprint density at radius 2 is 2.16 bits per heavy atom. The molecule has 1 atom stereocenters. The van der Waals surface area contributed by atoms with Gasteiger partial charge in [0.15, 0.2) is 0 Å². The molecule has 104 valence electrons. The van der Waals surface area contributed by atoms with E-state index in [1.807, 2.05) is 0 Å². The predicted octanol–water partition coefficient (Wildman–Crippen LogP) is 2.05. The number of carbonyl (C=O) groups excluding carboxylic acids is 1. The third-order valence-corrected chi connectivity index (χ3v) is 3.71. The van der Waals surface area contributed by atoms with Crippen molar-refractivity contribution in [3.05, 3.63) is 34.9 Å². The molecule has 0 saturated carbocycles. The van der Waals surface area contributed by atoms with Gasteiger partial charge in [0.25, 0.3) is 0 Å². The summed E-state index contributed by atoms with van der Waals surface area (Å²) in [4.78, 5) is 11.2. The van der Waals surface area contributed by atoms with Gasteiger partial charge in [-0.1, -0.05) is 0 Å². The number of rotatable bonds is 4. The third-order valence-electron chi connectivity index (χ3n) is 3.71. The number of halogens is 2. The van der Waals surface area contributed by atoms with E-state index in [9.17, 15) is 13.6 Å². The van der Waals surface area contributed by atoms with Gasteiger partial charge in [-0.3, -0.25) is 4.79 Å². The van der Waals surface area contributed by atoms with Gasteiger partial charge in [0.05, 0.1) is 5.41 Å². The zero-order valence-corrected chi connectivity index (χ0v) is 11.1. The van der Waals surface area contributed by atoms with E-state index in [4.69, 9.17) is 5.73 Å². The average Bonchev–Trinajstić information content (AvgIpc) is 2.69. The molecule has 1 aliphatic rings. The molecule has 2 rings (SSSR count). The molecule has 19 heavy (non-hydrogen) atoms. The zero-order valence-electron chi connectivity index (χ0n) is 11.1. The van der Waals surface area contributed by atoms with Crippen molar-refractivity contribution in [2.75, 3.05) is 6.54 Å². The van der Waals surface area contributed by atoms with Crippen molar-refractivity contribution >= 4 is 5.91 Å². The van der Waals surface area contributed by atoms with Crippen molar-refractivity contribution in [3.8, 4) is 0 Å². The van der Waals surface area contributed by atoms with E-state index in [2.05, 4.69) is 5.32 Å². The Kier molecular flexibility index (Phi) is 3.58. The van der Waals surface area contributed by atoms with Gasteiger partial charge < -0.3 is 11.1 Å². The second-order valence-corrected chi connectivity index (χ2v) is 5.68. The van der Waals surface area contributed by atoms with Crippen LogP contribution in [0.4, 0.5) is 8.78 Å². The monoisotopic (exact) mass is 268 g/mol. The molecule has 0 aliphatic heterocycles. The van der Waals surface area contributed by atoms with E-state index in [0.29, 0.717) is 30.5 Å². The fraction of sp³-hybridized carbons (Fsp3) is 0.500. The molecule has 1 amide bonds. The van der Waals surface area contributed by atoms with Crippen molar-refractivity contribution in [3.63, 3.8) is 0 Å². The van der Waals surface area contributed by atoms with Crippen molar-refractivity contribution < 1.29 is 13.6 Å². The summed E-state index contributed by atoms with van der Waals surface area (Å²) in [7, 11) is 0. The second kappa shape index (κ2) is 4.89. The molecule has 3 N–H and O–H groups in total. The average molecular weight is 268 g/mol. The maximum absolute atomic E-state index is 13.6. The number of primary amides is 1. The molecule has 5 heteroatoms. The minimum Gasteiger partial charge on any atom is -0.369 e. The lowest BCUT2D eigenvalue weighted by molar-refractivity contribution is -0.125. The summed E-state index contributed by atoms with van der Waals surface area (Å²) in [5, 5.41) is 3.18. The molecular formula is C14H18F2N2O. The Hall–Kier alpha value is -1.49. The maximum Gasteiger partial charge on any atom is 0.224 e. The summed E-state index contributed by atoms with van der Waals surface area (Å²) < 4.78 is 26.8. The minimum atomic E-state index is -0.686. The van der Waals surface area contributed by atoms with Gasteiger partial charge in [0, 0.05) is 18.7 Å². The van der Waals surface area contributed by atoms with Crippen LogP contribution in [0, 0.1) is 17.0 Å². The zero-order chi connectivity index (χ0) is 14.2. The van der Waals surface area contributed by atoms with Crippen LogP contribution < -0.4 is 11.1 Å². The summed E-state index contributed by atoms with van der Waals surface area (Å²) in [6.07, 6.45) is 1.28. The number of benzene rings is 1. The topological polar surface area (TPSA) is 55.1 Å². The van der Waals surface area contributed by atoms with Crippen LogP contribution in [0.5, 0.6) is 0 Å². The summed E-state index contributed by atoms with van der Waals surface area (Å²) in [5.74, 6) is -1.46. The fourth-order valence-electron chi connectivity index (χ4n) is 2.32. The van der Waals surface area contributed by atoms with Gasteiger partial charge in [-0.2, -0.15) is 0 Å². The van der Waals surface area contributed by atoms with Crippen LogP contribution in [0.1, 0.15) is 37.4 Å². The number of amides is 1. The number of nitrogens with one attached hydrogen (secondary N) is 1. The second-order valence-electron chi connectivity index (χ2n) is 5.68. The highest BCUT2D eigenvalue weighted by Gasteiger charge is 2.30. The molecule has 0 fully saturated rings. The van der Waals surface area contributed by atoms with E-state index in [-0.39, 0.29) is 6.04 Å². The summed E-state index contributed by atoms with van der Waals surface area (Å²) in [6.45, 7) is 3.86. The Balaban J connectivity index is 2.13. The maximum atomic E-state index is 13.6. The molecule has 1 aromatic carbocycles. The number of hydrogen-bond acceptors (Lipinski definition) is 2. The number of carbonyl (C=O) groups is 1. The Labute approximate surface area is 111 Å². The van der Waals surface area contributed by atoms with Crippen LogP contribution in [-0.2, 0) is 11.2 Å². The van der Waals surface area contributed by atoms with E-state index < -0.39 is 23.0 Å². The van der Waals surface area contributed by atoms with Gasteiger partial charge in [-0.15, -0.1) is 0 Å². The van der Waals surface area contributed by atoms with Gasteiger partial charge in [-0.25, -0.2) is 8.78 Å².